The van der Waals surface area contributed by atoms with Crippen LogP contribution >= 0.6 is 0 Å². The molecule has 0 unspecified atom stereocenters. The molecule has 0 aliphatic rings. The number of hydrogen-bond acceptors (Lipinski definition) is 2. The highest BCUT2D eigenvalue weighted by Crippen LogP contribution is 2.19. The molecule has 0 bridgehead atoms. The highest BCUT2D eigenvalue weighted by molar-refractivity contribution is 5.75. The summed E-state index contributed by atoms with van der Waals surface area (Å²) in [5.41, 5.74) is 2.68. The van der Waals surface area contributed by atoms with E-state index in [9.17, 15) is 0 Å². The van der Waals surface area contributed by atoms with Gasteiger partial charge in [0.25, 0.3) is 0 Å². The fourth-order valence-electron chi connectivity index (χ4n) is 2.25. The maximum atomic E-state index is 4.73. The first kappa shape index (κ1) is 14.1. The number of benzene rings is 1. The molecule has 19 heavy (non-hydrogen) atoms. The van der Waals surface area contributed by atoms with Crippen molar-refractivity contribution in [3.05, 3.63) is 30.1 Å². The Morgan fingerprint density at radius 2 is 1.95 bits per heavy atom. The topological polar surface area (TPSA) is 29.9 Å². The average molecular weight is 259 g/mol. The van der Waals surface area contributed by atoms with E-state index in [4.69, 9.17) is 4.98 Å². The smallest absolute Gasteiger partial charge is 0.123 e. The Hall–Kier alpha value is -1.35. The molecule has 3 nitrogen and oxygen atoms in total. The monoisotopic (exact) mass is 259 g/mol. The van der Waals surface area contributed by atoms with E-state index < -0.39 is 0 Å². The Labute approximate surface area is 116 Å². The highest BCUT2D eigenvalue weighted by atomic mass is 15.1. The molecular weight excluding hydrogens is 234 g/mol. The second-order valence-electron chi connectivity index (χ2n) is 5.88. The van der Waals surface area contributed by atoms with E-state index in [2.05, 4.69) is 55.8 Å². The van der Waals surface area contributed by atoms with E-state index in [0.29, 0.717) is 5.41 Å². The summed E-state index contributed by atoms with van der Waals surface area (Å²) in [4.78, 5) is 4.73. The predicted octanol–water partition coefficient (Wildman–Crippen LogP) is 3.58. The van der Waals surface area contributed by atoms with Crippen LogP contribution in [0.3, 0.4) is 0 Å². The summed E-state index contributed by atoms with van der Waals surface area (Å²) in [7, 11) is 0. The first-order valence-electron chi connectivity index (χ1n) is 7.22. The van der Waals surface area contributed by atoms with Crippen LogP contribution in [0.5, 0.6) is 0 Å². The largest absolute Gasteiger partial charge is 0.327 e. The van der Waals surface area contributed by atoms with Gasteiger partial charge in [-0.3, -0.25) is 0 Å². The first-order valence-corrected chi connectivity index (χ1v) is 7.22. The quantitative estimate of drug-likeness (QED) is 0.859. The molecule has 0 saturated heterocycles. The van der Waals surface area contributed by atoms with Crippen LogP contribution in [0.15, 0.2) is 24.3 Å². The molecule has 0 spiro atoms. The molecule has 0 fully saturated rings. The van der Waals surface area contributed by atoms with Gasteiger partial charge in [-0.1, -0.05) is 32.9 Å². The lowest BCUT2D eigenvalue weighted by Crippen LogP contribution is -2.29. The zero-order chi connectivity index (χ0) is 13.9. The fourth-order valence-corrected chi connectivity index (χ4v) is 2.25. The number of aromatic nitrogens is 2. The van der Waals surface area contributed by atoms with Gasteiger partial charge < -0.3 is 9.88 Å². The van der Waals surface area contributed by atoms with Crippen LogP contribution in [-0.4, -0.2) is 16.1 Å². The zero-order valence-electron chi connectivity index (χ0n) is 12.5. The Morgan fingerprint density at radius 3 is 2.63 bits per heavy atom. The number of nitrogens with one attached hydrogen (secondary N) is 1. The number of para-hydroxylation sites is 2. The van der Waals surface area contributed by atoms with Crippen molar-refractivity contribution in [2.45, 2.75) is 47.2 Å². The third-order valence-corrected chi connectivity index (χ3v) is 3.89. The SMILES string of the molecule is CCn1c(CNCC(C)(C)CC)nc2ccccc21. The van der Waals surface area contributed by atoms with E-state index in [-0.39, 0.29) is 0 Å². The van der Waals surface area contributed by atoms with Gasteiger partial charge in [0.05, 0.1) is 17.6 Å². The van der Waals surface area contributed by atoms with Crippen LogP contribution in [-0.2, 0) is 13.1 Å². The molecule has 0 saturated carbocycles. The molecule has 1 aromatic heterocycles. The zero-order valence-corrected chi connectivity index (χ0v) is 12.5. The van der Waals surface area contributed by atoms with Gasteiger partial charge in [0.1, 0.15) is 5.82 Å². The Bertz CT molecular complexity index is 540. The van der Waals surface area contributed by atoms with E-state index in [0.717, 1.165) is 31.0 Å². The van der Waals surface area contributed by atoms with Gasteiger partial charge in [-0.05, 0) is 30.9 Å². The maximum absolute atomic E-state index is 4.73. The molecule has 0 atom stereocenters. The number of hydrogen-bond donors (Lipinski definition) is 1. The van der Waals surface area contributed by atoms with E-state index in [1.165, 1.54) is 11.9 Å². The number of fused-ring (bicyclic) bond motifs is 1. The lowest BCUT2D eigenvalue weighted by Gasteiger charge is -2.22. The van der Waals surface area contributed by atoms with Crippen molar-refractivity contribution in [3.8, 4) is 0 Å². The summed E-state index contributed by atoms with van der Waals surface area (Å²) in [5.74, 6) is 1.13. The van der Waals surface area contributed by atoms with Gasteiger partial charge in [0.2, 0.25) is 0 Å². The lowest BCUT2D eigenvalue weighted by molar-refractivity contribution is 0.325. The fraction of sp³-hybridized carbons (Fsp3) is 0.562. The van der Waals surface area contributed by atoms with Crippen molar-refractivity contribution in [1.82, 2.24) is 14.9 Å². The summed E-state index contributed by atoms with van der Waals surface area (Å²) in [6.45, 7) is 11.8. The summed E-state index contributed by atoms with van der Waals surface area (Å²) in [5, 5.41) is 3.55. The third kappa shape index (κ3) is 3.16. The molecule has 3 heteroatoms. The standard InChI is InChI=1S/C16H25N3/c1-5-16(3,4)12-17-11-15-18-13-9-7-8-10-14(13)19(15)6-2/h7-10,17H,5-6,11-12H2,1-4H3. The molecule has 104 valence electrons. The molecule has 1 N–H and O–H groups in total. The number of aryl methyl sites for hydroxylation is 1. The van der Waals surface area contributed by atoms with Crippen molar-refractivity contribution < 1.29 is 0 Å². The molecule has 2 aromatic rings. The van der Waals surface area contributed by atoms with Crippen LogP contribution in [0.2, 0.25) is 0 Å². The molecule has 0 radical (unpaired) electrons. The van der Waals surface area contributed by atoms with Crippen LogP contribution < -0.4 is 5.32 Å². The normalized spacial score (nSPS) is 12.2. The van der Waals surface area contributed by atoms with E-state index in [1.54, 1.807) is 0 Å². The van der Waals surface area contributed by atoms with Gasteiger partial charge in [-0.15, -0.1) is 0 Å². The summed E-state index contributed by atoms with van der Waals surface area (Å²) < 4.78 is 2.29. The van der Waals surface area contributed by atoms with Crippen molar-refractivity contribution >= 4 is 11.0 Å². The van der Waals surface area contributed by atoms with E-state index in [1.807, 2.05) is 6.07 Å². The number of rotatable bonds is 6. The number of nitrogens with zero attached hydrogens (tertiary/aromatic N) is 2. The van der Waals surface area contributed by atoms with Crippen LogP contribution in [0, 0.1) is 5.41 Å². The summed E-state index contributed by atoms with van der Waals surface area (Å²) in [6, 6.07) is 8.35. The van der Waals surface area contributed by atoms with Gasteiger partial charge in [0, 0.05) is 13.1 Å². The highest BCUT2D eigenvalue weighted by Gasteiger charge is 2.15. The van der Waals surface area contributed by atoms with Crippen LogP contribution in [0.25, 0.3) is 11.0 Å². The predicted molar refractivity (Wildman–Crippen MR) is 81.2 cm³/mol. The third-order valence-electron chi connectivity index (χ3n) is 3.89. The molecule has 0 aliphatic carbocycles. The molecule has 1 aromatic carbocycles. The van der Waals surface area contributed by atoms with Gasteiger partial charge in [-0.2, -0.15) is 0 Å². The molecule has 2 rings (SSSR count). The Balaban J connectivity index is 2.12. The molecule has 0 amide bonds. The van der Waals surface area contributed by atoms with Gasteiger partial charge in [-0.25, -0.2) is 4.98 Å². The molecular formula is C16H25N3. The second-order valence-corrected chi connectivity index (χ2v) is 5.88. The Morgan fingerprint density at radius 1 is 1.21 bits per heavy atom. The first-order chi connectivity index (χ1) is 9.07. The molecule has 1 heterocycles. The maximum Gasteiger partial charge on any atom is 0.123 e. The second kappa shape index (κ2) is 5.74. The van der Waals surface area contributed by atoms with Crippen molar-refractivity contribution in [3.63, 3.8) is 0 Å². The van der Waals surface area contributed by atoms with Crippen molar-refractivity contribution in [2.24, 2.45) is 5.41 Å². The summed E-state index contributed by atoms with van der Waals surface area (Å²) >= 11 is 0. The average Bonchev–Trinajstić information content (AvgIpc) is 2.76. The van der Waals surface area contributed by atoms with Crippen molar-refractivity contribution in [2.75, 3.05) is 6.54 Å². The number of imidazole rings is 1. The van der Waals surface area contributed by atoms with Gasteiger partial charge in [0.15, 0.2) is 0 Å². The van der Waals surface area contributed by atoms with Gasteiger partial charge >= 0.3 is 0 Å². The molecule has 0 aliphatic heterocycles. The lowest BCUT2D eigenvalue weighted by atomic mass is 9.90. The minimum absolute atomic E-state index is 0.350. The van der Waals surface area contributed by atoms with Crippen LogP contribution in [0.1, 0.15) is 39.9 Å². The minimum atomic E-state index is 0.350. The van der Waals surface area contributed by atoms with Crippen molar-refractivity contribution in [1.29, 1.82) is 0 Å². The minimum Gasteiger partial charge on any atom is -0.327 e. The summed E-state index contributed by atoms with van der Waals surface area (Å²) in [6.07, 6.45) is 1.18. The van der Waals surface area contributed by atoms with E-state index >= 15 is 0 Å². The van der Waals surface area contributed by atoms with Crippen LogP contribution in [0.4, 0.5) is 0 Å². The Kier molecular flexibility index (Phi) is 4.25.